The number of amides is 1. The number of halogens is 1. The van der Waals surface area contributed by atoms with Crippen molar-refractivity contribution < 1.29 is 23.5 Å². The third-order valence-electron chi connectivity index (χ3n) is 3.49. The van der Waals surface area contributed by atoms with Crippen molar-refractivity contribution in [3.05, 3.63) is 65.5 Å². The van der Waals surface area contributed by atoms with E-state index in [9.17, 15) is 14.0 Å². The lowest BCUT2D eigenvalue weighted by Gasteiger charge is -2.17. The summed E-state index contributed by atoms with van der Waals surface area (Å²) in [6.07, 6.45) is 0. The normalized spacial score (nSPS) is 10.2. The second-order valence-corrected chi connectivity index (χ2v) is 5.61. The van der Waals surface area contributed by atoms with Gasteiger partial charge in [0, 0.05) is 19.2 Å². The van der Waals surface area contributed by atoms with Crippen molar-refractivity contribution in [2.75, 3.05) is 20.3 Å². The molecule has 2 rings (SSSR count). The molecule has 0 spiro atoms. The lowest BCUT2D eigenvalue weighted by molar-refractivity contribution is -0.153. The van der Waals surface area contributed by atoms with Crippen LogP contribution in [-0.4, -0.2) is 37.0 Å². The van der Waals surface area contributed by atoms with Crippen molar-refractivity contribution in [2.45, 2.75) is 13.5 Å². The maximum atomic E-state index is 13.6. The van der Waals surface area contributed by atoms with Gasteiger partial charge in [-0.2, -0.15) is 0 Å². The zero-order valence-electron chi connectivity index (χ0n) is 14.2. The fourth-order valence-electron chi connectivity index (χ4n) is 2.11. The van der Waals surface area contributed by atoms with Gasteiger partial charge >= 0.3 is 5.97 Å². The summed E-state index contributed by atoms with van der Waals surface area (Å²) >= 11 is 0. The predicted molar refractivity (Wildman–Crippen MR) is 90.5 cm³/mol. The van der Waals surface area contributed by atoms with Crippen molar-refractivity contribution in [3.63, 3.8) is 0 Å². The van der Waals surface area contributed by atoms with E-state index in [1.54, 1.807) is 30.3 Å². The predicted octanol–water partition coefficient (Wildman–Crippen LogP) is 2.71. The second kappa shape index (κ2) is 8.82. The van der Waals surface area contributed by atoms with E-state index in [0.29, 0.717) is 11.3 Å². The standard InChI is InChI=1S/C19H20FNO4/c1-14-6-5-8-16(10-14)24-13-19(23)25-12-18(22)21(2)11-15-7-3-4-9-17(15)20/h3-10H,11-13H2,1-2H3. The molecule has 0 unspecified atom stereocenters. The van der Waals surface area contributed by atoms with E-state index in [4.69, 9.17) is 9.47 Å². The van der Waals surface area contributed by atoms with Crippen molar-refractivity contribution in [1.29, 1.82) is 0 Å². The molecular formula is C19H20FNO4. The summed E-state index contributed by atoms with van der Waals surface area (Å²) in [6.45, 7) is 1.31. The van der Waals surface area contributed by atoms with E-state index >= 15 is 0 Å². The lowest BCUT2D eigenvalue weighted by Crippen LogP contribution is -2.31. The zero-order chi connectivity index (χ0) is 18.2. The molecule has 0 atom stereocenters. The molecule has 1 amide bonds. The van der Waals surface area contributed by atoms with Crippen molar-refractivity contribution >= 4 is 11.9 Å². The van der Waals surface area contributed by atoms with Gasteiger partial charge in [0.15, 0.2) is 13.2 Å². The molecule has 2 aromatic rings. The Labute approximate surface area is 146 Å². The molecule has 25 heavy (non-hydrogen) atoms. The average Bonchev–Trinajstić information content (AvgIpc) is 2.59. The highest BCUT2D eigenvalue weighted by Gasteiger charge is 2.14. The SMILES string of the molecule is Cc1cccc(OCC(=O)OCC(=O)N(C)Cc2ccccc2F)c1. The minimum atomic E-state index is -0.644. The van der Waals surface area contributed by atoms with Gasteiger partial charge < -0.3 is 14.4 Å². The van der Waals surface area contributed by atoms with E-state index in [1.807, 2.05) is 19.1 Å². The zero-order valence-corrected chi connectivity index (χ0v) is 14.2. The summed E-state index contributed by atoms with van der Waals surface area (Å²) < 4.78 is 23.8. The van der Waals surface area contributed by atoms with Crippen LogP contribution in [0.5, 0.6) is 5.75 Å². The molecule has 0 aliphatic carbocycles. The first kappa shape index (κ1) is 18.4. The summed E-state index contributed by atoms with van der Waals surface area (Å²) in [4.78, 5) is 24.9. The summed E-state index contributed by atoms with van der Waals surface area (Å²) in [5, 5.41) is 0. The number of likely N-dealkylation sites (N-methyl/N-ethyl adjacent to an activating group) is 1. The molecule has 0 heterocycles. The topological polar surface area (TPSA) is 55.8 Å². The molecule has 5 nitrogen and oxygen atoms in total. The van der Waals surface area contributed by atoms with Crippen LogP contribution in [0.3, 0.4) is 0 Å². The number of carbonyl (C=O) groups is 2. The van der Waals surface area contributed by atoms with Gasteiger partial charge in [0.25, 0.3) is 5.91 Å². The first-order chi connectivity index (χ1) is 12.0. The van der Waals surface area contributed by atoms with Crippen LogP contribution in [0.15, 0.2) is 48.5 Å². The summed E-state index contributed by atoms with van der Waals surface area (Å²) in [5.74, 6) is -0.896. The number of hydrogen-bond acceptors (Lipinski definition) is 4. The Morgan fingerprint density at radius 2 is 1.84 bits per heavy atom. The van der Waals surface area contributed by atoms with Gasteiger partial charge in [0.05, 0.1) is 0 Å². The van der Waals surface area contributed by atoms with Gasteiger partial charge in [-0.05, 0) is 30.7 Å². The molecule has 0 fully saturated rings. The highest BCUT2D eigenvalue weighted by atomic mass is 19.1. The lowest BCUT2D eigenvalue weighted by atomic mass is 10.2. The number of rotatable bonds is 7. The van der Waals surface area contributed by atoms with E-state index in [1.165, 1.54) is 18.0 Å². The maximum Gasteiger partial charge on any atom is 0.344 e. The number of esters is 1. The van der Waals surface area contributed by atoms with Crippen molar-refractivity contribution in [3.8, 4) is 5.75 Å². The minimum absolute atomic E-state index is 0.100. The van der Waals surface area contributed by atoms with Crippen LogP contribution in [0.4, 0.5) is 4.39 Å². The molecule has 2 aromatic carbocycles. The minimum Gasteiger partial charge on any atom is -0.482 e. The molecule has 0 N–H and O–H groups in total. The highest BCUT2D eigenvalue weighted by molar-refractivity contribution is 5.80. The molecule has 0 aliphatic rings. The Morgan fingerprint density at radius 3 is 2.56 bits per heavy atom. The number of aryl methyl sites for hydroxylation is 1. The molecular weight excluding hydrogens is 325 g/mol. The van der Waals surface area contributed by atoms with E-state index in [0.717, 1.165) is 5.56 Å². The van der Waals surface area contributed by atoms with Crippen LogP contribution >= 0.6 is 0 Å². The molecule has 0 aliphatic heterocycles. The highest BCUT2D eigenvalue weighted by Crippen LogP contribution is 2.12. The summed E-state index contributed by atoms with van der Waals surface area (Å²) in [6, 6.07) is 13.5. The van der Waals surface area contributed by atoms with Crippen LogP contribution in [0.1, 0.15) is 11.1 Å². The first-order valence-electron chi connectivity index (χ1n) is 7.78. The number of ether oxygens (including phenoxy) is 2. The number of nitrogens with zero attached hydrogens (tertiary/aromatic N) is 1. The third kappa shape index (κ3) is 5.91. The maximum absolute atomic E-state index is 13.6. The molecule has 0 radical (unpaired) electrons. The number of carbonyl (C=O) groups excluding carboxylic acids is 2. The monoisotopic (exact) mass is 345 g/mol. The fraction of sp³-hybridized carbons (Fsp3) is 0.263. The van der Waals surface area contributed by atoms with Gasteiger partial charge in [-0.3, -0.25) is 4.79 Å². The fourth-order valence-corrected chi connectivity index (χ4v) is 2.11. The molecule has 0 bridgehead atoms. The van der Waals surface area contributed by atoms with Crippen LogP contribution in [0, 0.1) is 12.7 Å². The van der Waals surface area contributed by atoms with Gasteiger partial charge in [-0.1, -0.05) is 30.3 Å². The molecule has 0 aromatic heterocycles. The molecule has 6 heteroatoms. The first-order valence-corrected chi connectivity index (χ1v) is 7.78. The number of benzene rings is 2. The van der Waals surface area contributed by atoms with Gasteiger partial charge in [-0.15, -0.1) is 0 Å². The van der Waals surface area contributed by atoms with Crippen LogP contribution < -0.4 is 4.74 Å². The molecule has 0 saturated carbocycles. The van der Waals surface area contributed by atoms with Gasteiger partial charge in [0.1, 0.15) is 11.6 Å². The average molecular weight is 345 g/mol. The third-order valence-corrected chi connectivity index (χ3v) is 3.49. The van der Waals surface area contributed by atoms with Gasteiger partial charge in [0.2, 0.25) is 0 Å². The summed E-state index contributed by atoms with van der Waals surface area (Å²) in [7, 11) is 1.52. The van der Waals surface area contributed by atoms with Crippen molar-refractivity contribution in [1.82, 2.24) is 4.90 Å². The Kier molecular flexibility index (Phi) is 6.51. The Balaban J connectivity index is 1.75. The Morgan fingerprint density at radius 1 is 1.08 bits per heavy atom. The Bertz CT molecular complexity index is 748. The van der Waals surface area contributed by atoms with Crippen LogP contribution in [0.25, 0.3) is 0 Å². The van der Waals surface area contributed by atoms with E-state index in [2.05, 4.69) is 0 Å². The van der Waals surface area contributed by atoms with Crippen molar-refractivity contribution in [2.24, 2.45) is 0 Å². The van der Waals surface area contributed by atoms with E-state index in [-0.39, 0.29) is 19.0 Å². The molecule has 132 valence electrons. The summed E-state index contributed by atoms with van der Waals surface area (Å²) in [5.41, 5.74) is 1.41. The quantitative estimate of drug-likeness (QED) is 0.724. The second-order valence-electron chi connectivity index (χ2n) is 5.61. The van der Waals surface area contributed by atoms with Crippen LogP contribution in [-0.2, 0) is 20.9 Å². The van der Waals surface area contributed by atoms with E-state index < -0.39 is 18.5 Å². The Hall–Kier alpha value is -2.89. The van der Waals surface area contributed by atoms with Crippen LogP contribution in [0.2, 0.25) is 0 Å². The van der Waals surface area contributed by atoms with Gasteiger partial charge in [-0.25, -0.2) is 9.18 Å². The largest absolute Gasteiger partial charge is 0.482 e. The number of hydrogen-bond donors (Lipinski definition) is 0. The molecule has 0 saturated heterocycles. The smallest absolute Gasteiger partial charge is 0.344 e.